The summed E-state index contributed by atoms with van der Waals surface area (Å²) < 4.78 is 0. The molecule has 3 nitrogen and oxygen atoms in total. The Morgan fingerprint density at radius 2 is 1.75 bits per heavy atom. The summed E-state index contributed by atoms with van der Waals surface area (Å²) in [5.41, 5.74) is 0.512. The third-order valence-electron chi connectivity index (χ3n) is 4.17. The summed E-state index contributed by atoms with van der Waals surface area (Å²) in [7, 11) is 0. The number of hydrogen-bond acceptors (Lipinski definition) is 2. The Labute approximate surface area is 118 Å². The number of β-lactam (4-membered cyclic amide) rings is 1. The third kappa shape index (κ3) is 1.59. The predicted molar refractivity (Wildman–Crippen MR) is 78.0 cm³/mol. The van der Waals surface area contributed by atoms with Crippen molar-refractivity contribution in [3.05, 3.63) is 48.0 Å². The number of imide groups is 1. The van der Waals surface area contributed by atoms with E-state index in [9.17, 15) is 9.59 Å². The second kappa shape index (κ2) is 4.17. The topological polar surface area (TPSA) is 37.4 Å². The van der Waals surface area contributed by atoms with E-state index in [-0.39, 0.29) is 17.9 Å². The quantitative estimate of drug-likeness (QED) is 0.743. The molecular weight excluding hydrogens is 250 g/mol. The van der Waals surface area contributed by atoms with Crippen molar-refractivity contribution in [2.45, 2.75) is 26.8 Å². The van der Waals surface area contributed by atoms with Gasteiger partial charge in [0, 0.05) is 6.92 Å². The van der Waals surface area contributed by atoms with E-state index in [0.29, 0.717) is 0 Å². The van der Waals surface area contributed by atoms with Crippen LogP contribution in [0.5, 0.6) is 0 Å². The van der Waals surface area contributed by atoms with Crippen LogP contribution >= 0.6 is 0 Å². The van der Waals surface area contributed by atoms with Crippen LogP contribution in [-0.2, 0) is 9.59 Å². The van der Waals surface area contributed by atoms with Crippen LogP contribution in [-0.4, -0.2) is 16.7 Å². The molecule has 0 saturated carbocycles. The molecule has 3 heteroatoms. The van der Waals surface area contributed by atoms with E-state index in [1.165, 1.54) is 11.8 Å². The Morgan fingerprint density at radius 1 is 1.10 bits per heavy atom. The summed E-state index contributed by atoms with van der Waals surface area (Å²) in [6.45, 7) is 5.26. The second-order valence-electron chi connectivity index (χ2n) is 5.89. The van der Waals surface area contributed by atoms with Crippen LogP contribution in [0.4, 0.5) is 0 Å². The molecule has 1 aliphatic rings. The highest BCUT2D eigenvalue weighted by atomic mass is 16.2. The molecule has 0 spiro atoms. The van der Waals surface area contributed by atoms with Crippen molar-refractivity contribution in [1.29, 1.82) is 0 Å². The number of fused-ring (bicyclic) bond motifs is 1. The normalized spacial score (nSPS) is 20.9. The average Bonchev–Trinajstić information content (AvgIpc) is 2.43. The van der Waals surface area contributed by atoms with Gasteiger partial charge in [0.25, 0.3) is 0 Å². The molecule has 1 heterocycles. The molecule has 3 rings (SSSR count). The van der Waals surface area contributed by atoms with Gasteiger partial charge in [0.2, 0.25) is 11.8 Å². The molecule has 2 aromatic rings. The number of likely N-dealkylation sites (tertiary alicyclic amines) is 1. The van der Waals surface area contributed by atoms with Gasteiger partial charge < -0.3 is 0 Å². The fourth-order valence-corrected chi connectivity index (χ4v) is 3.14. The first-order valence-corrected chi connectivity index (χ1v) is 6.76. The highest BCUT2D eigenvalue weighted by Crippen LogP contribution is 2.50. The average molecular weight is 267 g/mol. The summed E-state index contributed by atoms with van der Waals surface area (Å²) in [4.78, 5) is 25.3. The summed E-state index contributed by atoms with van der Waals surface area (Å²) in [6, 6.07) is 13.9. The van der Waals surface area contributed by atoms with Crippen LogP contribution in [0.25, 0.3) is 10.8 Å². The van der Waals surface area contributed by atoms with Gasteiger partial charge in [0.05, 0.1) is 11.5 Å². The van der Waals surface area contributed by atoms with E-state index < -0.39 is 5.41 Å². The molecule has 1 saturated heterocycles. The molecule has 0 aliphatic carbocycles. The van der Waals surface area contributed by atoms with E-state index in [4.69, 9.17) is 0 Å². The Kier molecular flexibility index (Phi) is 2.68. The van der Waals surface area contributed by atoms with E-state index in [2.05, 4.69) is 0 Å². The smallest absolute Gasteiger partial charge is 0.237 e. The van der Waals surface area contributed by atoms with Crippen LogP contribution in [0.3, 0.4) is 0 Å². The Morgan fingerprint density at radius 3 is 2.45 bits per heavy atom. The maximum Gasteiger partial charge on any atom is 0.237 e. The molecule has 0 radical (unpaired) electrons. The largest absolute Gasteiger partial charge is 0.275 e. The SMILES string of the molecule is CC(=O)N1C(=O)C(C)(C)C1c1cccc2ccccc12. The lowest BCUT2D eigenvalue weighted by molar-refractivity contribution is -0.175. The molecule has 102 valence electrons. The Bertz CT molecular complexity index is 713. The predicted octanol–water partition coefficient (Wildman–Crippen LogP) is 3.30. The first kappa shape index (κ1) is 12.9. The number of rotatable bonds is 1. The standard InChI is InChI=1S/C17H17NO2/c1-11(19)18-15(17(2,3)16(18)20)14-10-6-8-12-7-4-5-9-13(12)14/h4-10,15H,1-3H3. The van der Waals surface area contributed by atoms with Crippen molar-refractivity contribution in [3.8, 4) is 0 Å². The van der Waals surface area contributed by atoms with Crippen molar-refractivity contribution in [3.63, 3.8) is 0 Å². The molecule has 2 amide bonds. The van der Waals surface area contributed by atoms with Gasteiger partial charge in [0.1, 0.15) is 0 Å². The van der Waals surface area contributed by atoms with Crippen molar-refractivity contribution < 1.29 is 9.59 Å². The Hall–Kier alpha value is -2.16. The first-order valence-electron chi connectivity index (χ1n) is 6.76. The minimum absolute atomic E-state index is 0.0945. The van der Waals surface area contributed by atoms with E-state index in [0.717, 1.165) is 16.3 Å². The second-order valence-corrected chi connectivity index (χ2v) is 5.89. The third-order valence-corrected chi connectivity index (χ3v) is 4.17. The van der Waals surface area contributed by atoms with Gasteiger partial charge in [-0.1, -0.05) is 42.5 Å². The zero-order chi connectivity index (χ0) is 14.5. The minimum Gasteiger partial charge on any atom is -0.275 e. The van der Waals surface area contributed by atoms with Crippen LogP contribution in [0, 0.1) is 5.41 Å². The highest BCUT2D eigenvalue weighted by molar-refractivity contribution is 6.04. The maximum atomic E-state index is 12.1. The number of hydrogen-bond donors (Lipinski definition) is 0. The molecule has 0 aromatic heterocycles. The van der Waals surface area contributed by atoms with Gasteiger partial charge in [-0.2, -0.15) is 0 Å². The summed E-state index contributed by atoms with van der Waals surface area (Å²) in [6.07, 6.45) is 0. The lowest BCUT2D eigenvalue weighted by Crippen LogP contribution is -2.62. The van der Waals surface area contributed by atoms with E-state index in [1.54, 1.807) is 0 Å². The minimum atomic E-state index is -0.532. The van der Waals surface area contributed by atoms with Gasteiger partial charge in [-0.05, 0) is 30.2 Å². The molecule has 2 aromatic carbocycles. The van der Waals surface area contributed by atoms with Crippen molar-refractivity contribution in [2.24, 2.45) is 5.41 Å². The van der Waals surface area contributed by atoms with Crippen LogP contribution < -0.4 is 0 Å². The molecule has 0 N–H and O–H groups in total. The zero-order valence-corrected chi connectivity index (χ0v) is 11.9. The number of amides is 2. The Balaban J connectivity index is 2.19. The van der Waals surface area contributed by atoms with E-state index >= 15 is 0 Å². The molecule has 1 atom stereocenters. The monoisotopic (exact) mass is 267 g/mol. The first-order chi connectivity index (χ1) is 9.44. The lowest BCUT2D eigenvalue weighted by atomic mass is 9.70. The summed E-state index contributed by atoms with van der Waals surface area (Å²) in [5.74, 6) is -0.282. The van der Waals surface area contributed by atoms with Crippen LogP contribution in [0.1, 0.15) is 32.4 Å². The summed E-state index contributed by atoms with van der Waals surface area (Å²) >= 11 is 0. The molecule has 1 aliphatic heterocycles. The van der Waals surface area contributed by atoms with Crippen molar-refractivity contribution >= 4 is 22.6 Å². The lowest BCUT2D eigenvalue weighted by Gasteiger charge is -2.51. The van der Waals surface area contributed by atoms with Gasteiger partial charge in [-0.3, -0.25) is 14.5 Å². The van der Waals surface area contributed by atoms with Gasteiger partial charge in [-0.25, -0.2) is 0 Å². The van der Waals surface area contributed by atoms with Gasteiger partial charge in [0.15, 0.2) is 0 Å². The van der Waals surface area contributed by atoms with Crippen molar-refractivity contribution in [2.75, 3.05) is 0 Å². The number of carbonyl (C=O) groups is 2. The highest BCUT2D eigenvalue weighted by Gasteiger charge is 2.56. The number of nitrogens with zero attached hydrogens (tertiary/aromatic N) is 1. The van der Waals surface area contributed by atoms with E-state index in [1.807, 2.05) is 56.3 Å². The molecule has 20 heavy (non-hydrogen) atoms. The zero-order valence-electron chi connectivity index (χ0n) is 11.9. The fraction of sp³-hybridized carbons (Fsp3) is 0.294. The summed E-state index contributed by atoms with van der Waals surface area (Å²) in [5, 5.41) is 2.23. The number of benzene rings is 2. The fourth-order valence-electron chi connectivity index (χ4n) is 3.14. The van der Waals surface area contributed by atoms with Gasteiger partial charge >= 0.3 is 0 Å². The van der Waals surface area contributed by atoms with Crippen LogP contribution in [0.15, 0.2) is 42.5 Å². The molecular formula is C17H17NO2. The number of carbonyl (C=O) groups excluding carboxylic acids is 2. The van der Waals surface area contributed by atoms with Crippen LogP contribution in [0.2, 0.25) is 0 Å². The maximum absolute atomic E-state index is 12.1. The molecule has 0 bridgehead atoms. The van der Waals surface area contributed by atoms with Crippen molar-refractivity contribution in [1.82, 2.24) is 4.90 Å². The van der Waals surface area contributed by atoms with Gasteiger partial charge in [-0.15, -0.1) is 0 Å². The molecule has 1 fully saturated rings. The molecule has 1 unspecified atom stereocenters.